The van der Waals surface area contributed by atoms with Crippen molar-refractivity contribution in [2.45, 2.75) is 31.6 Å². The van der Waals surface area contributed by atoms with Crippen LogP contribution in [0.5, 0.6) is 0 Å². The Morgan fingerprint density at radius 3 is 2.38 bits per heavy atom. The zero-order chi connectivity index (χ0) is 23.5. The maximum atomic E-state index is 13.1. The predicted octanol–water partition coefficient (Wildman–Crippen LogP) is 3.29. The van der Waals surface area contributed by atoms with E-state index < -0.39 is 11.8 Å². The minimum Gasteiger partial charge on any atom is -0.342 e. The Morgan fingerprint density at radius 2 is 1.68 bits per heavy atom. The van der Waals surface area contributed by atoms with E-state index in [1.807, 2.05) is 17.0 Å². The van der Waals surface area contributed by atoms with Gasteiger partial charge in [-0.05, 0) is 42.9 Å². The van der Waals surface area contributed by atoms with Gasteiger partial charge in [-0.2, -0.15) is 4.98 Å². The molecule has 0 aliphatic carbocycles. The van der Waals surface area contributed by atoms with Crippen LogP contribution in [0.15, 0.2) is 65.5 Å². The molecule has 8 nitrogen and oxygen atoms in total. The predicted molar refractivity (Wildman–Crippen MR) is 131 cm³/mol. The lowest BCUT2D eigenvalue weighted by molar-refractivity contribution is -0.123. The second kappa shape index (κ2) is 9.51. The molecule has 1 aromatic heterocycles. The Labute approximate surface area is 197 Å². The summed E-state index contributed by atoms with van der Waals surface area (Å²) in [7, 11) is 0. The maximum absolute atomic E-state index is 13.1. The summed E-state index contributed by atoms with van der Waals surface area (Å²) in [6.45, 7) is 1.54. The van der Waals surface area contributed by atoms with Crippen molar-refractivity contribution in [3.05, 3.63) is 82.1 Å². The van der Waals surface area contributed by atoms with Crippen LogP contribution >= 0.6 is 0 Å². The summed E-state index contributed by atoms with van der Waals surface area (Å²) >= 11 is 0. The number of fused-ring (bicyclic) bond motifs is 1. The van der Waals surface area contributed by atoms with Gasteiger partial charge in [-0.15, -0.1) is 0 Å². The molecule has 2 aromatic carbocycles. The fourth-order valence-corrected chi connectivity index (χ4v) is 4.78. The van der Waals surface area contributed by atoms with Gasteiger partial charge in [0.2, 0.25) is 17.8 Å². The number of rotatable bonds is 5. The third kappa shape index (κ3) is 4.71. The number of hydrogen-bond donors (Lipinski definition) is 3. The van der Waals surface area contributed by atoms with Crippen LogP contribution in [0.1, 0.15) is 36.3 Å². The van der Waals surface area contributed by atoms with E-state index in [1.165, 1.54) is 5.56 Å². The minimum absolute atomic E-state index is 0.0966. The number of H-pyrrole nitrogens is 1. The number of carbonyl (C=O) groups excluding carboxylic acids is 2. The van der Waals surface area contributed by atoms with Gasteiger partial charge in [-0.1, -0.05) is 48.5 Å². The second-order valence-corrected chi connectivity index (χ2v) is 8.93. The number of piperidine rings is 1. The molecular weight excluding hydrogens is 430 g/mol. The van der Waals surface area contributed by atoms with Crippen LogP contribution in [0.2, 0.25) is 0 Å². The van der Waals surface area contributed by atoms with Crippen molar-refractivity contribution in [1.29, 1.82) is 0 Å². The van der Waals surface area contributed by atoms with Crippen molar-refractivity contribution in [1.82, 2.24) is 9.97 Å². The lowest BCUT2D eigenvalue weighted by Crippen LogP contribution is -2.40. The molecule has 1 fully saturated rings. The van der Waals surface area contributed by atoms with Crippen LogP contribution in [0.3, 0.4) is 0 Å². The van der Waals surface area contributed by atoms with Gasteiger partial charge in [-0.3, -0.25) is 19.4 Å². The van der Waals surface area contributed by atoms with E-state index in [1.54, 1.807) is 24.3 Å². The molecular formula is C26H27N5O3. The molecule has 34 heavy (non-hydrogen) atoms. The molecule has 1 atom stereocenters. The molecule has 2 amide bonds. The number of nitrogens with zero attached hydrogens (tertiary/aromatic N) is 2. The number of amides is 2. The van der Waals surface area contributed by atoms with E-state index >= 15 is 0 Å². The molecule has 3 aromatic rings. The van der Waals surface area contributed by atoms with E-state index in [4.69, 9.17) is 0 Å². The van der Waals surface area contributed by atoms with Crippen LogP contribution in [0.4, 0.5) is 17.5 Å². The molecule has 5 rings (SSSR count). The van der Waals surface area contributed by atoms with Crippen molar-refractivity contribution in [3.8, 4) is 0 Å². The van der Waals surface area contributed by atoms with E-state index in [2.05, 4.69) is 44.9 Å². The third-order valence-electron chi connectivity index (χ3n) is 6.58. The van der Waals surface area contributed by atoms with Gasteiger partial charge < -0.3 is 15.5 Å². The van der Waals surface area contributed by atoms with Crippen molar-refractivity contribution >= 4 is 29.3 Å². The number of para-hydroxylation sites is 1. The number of aromatic nitrogens is 2. The molecule has 174 valence electrons. The number of nitrogens with one attached hydrogen (secondary N) is 3. The summed E-state index contributed by atoms with van der Waals surface area (Å²) in [5.41, 5.74) is 1.76. The summed E-state index contributed by atoms with van der Waals surface area (Å²) < 4.78 is 0. The molecule has 2 aliphatic rings. The molecule has 0 radical (unpaired) electrons. The number of carbonyl (C=O) groups is 2. The third-order valence-corrected chi connectivity index (χ3v) is 6.58. The van der Waals surface area contributed by atoms with Gasteiger partial charge in [-0.25, -0.2) is 0 Å². The SMILES string of the molecule is O=C1C[C@@H](C(=O)Nc2ccccc2)c2c(nc(N3CCC(Cc4ccccc4)CC3)[nH]c2=O)N1. The zero-order valence-corrected chi connectivity index (χ0v) is 18.8. The second-order valence-electron chi connectivity index (χ2n) is 8.93. The standard InChI is InChI=1S/C26H27N5O3/c32-21-16-20(24(33)27-19-9-5-2-6-10-19)22-23(28-21)29-26(30-25(22)34)31-13-11-18(12-14-31)15-17-7-3-1-4-8-17/h1-10,18,20H,11-16H2,(H,27,33)(H2,28,29,30,32,34)/t20-/m1/s1. The fraction of sp³-hybridized carbons (Fsp3) is 0.308. The van der Waals surface area contributed by atoms with Gasteiger partial charge in [0.25, 0.3) is 5.56 Å². The molecule has 3 heterocycles. The Hall–Kier alpha value is -3.94. The highest BCUT2D eigenvalue weighted by Crippen LogP contribution is 2.31. The van der Waals surface area contributed by atoms with Crippen LogP contribution < -0.4 is 21.1 Å². The highest BCUT2D eigenvalue weighted by Gasteiger charge is 2.35. The summed E-state index contributed by atoms with van der Waals surface area (Å²) in [6, 6.07) is 19.4. The van der Waals surface area contributed by atoms with Crippen molar-refractivity contribution < 1.29 is 9.59 Å². The Balaban J connectivity index is 1.31. The summed E-state index contributed by atoms with van der Waals surface area (Å²) in [5.74, 6) is -0.434. The van der Waals surface area contributed by atoms with Gasteiger partial charge in [0, 0.05) is 25.2 Å². The molecule has 0 spiro atoms. The summed E-state index contributed by atoms with van der Waals surface area (Å²) in [5, 5.41) is 5.49. The largest absolute Gasteiger partial charge is 0.342 e. The Morgan fingerprint density at radius 1 is 1.00 bits per heavy atom. The first-order valence-corrected chi connectivity index (χ1v) is 11.7. The van der Waals surface area contributed by atoms with Crippen molar-refractivity contribution in [3.63, 3.8) is 0 Å². The first-order chi connectivity index (χ1) is 16.6. The van der Waals surface area contributed by atoms with Crippen molar-refractivity contribution in [2.75, 3.05) is 28.6 Å². The molecule has 0 bridgehead atoms. The van der Waals surface area contributed by atoms with E-state index in [-0.39, 0.29) is 29.3 Å². The monoisotopic (exact) mass is 457 g/mol. The fourth-order valence-electron chi connectivity index (χ4n) is 4.78. The molecule has 3 N–H and O–H groups in total. The van der Waals surface area contributed by atoms with E-state index in [0.717, 1.165) is 32.4 Å². The normalized spacial score (nSPS) is 18.2. The average molecular weight is 458 g/mol. The molecule has 2 aliphatic heterocycles. The Kier molecular flexibility index (Phi) is 6.12. The van der Waals surface area contributed by atoms with Crippen LogP contribution in [-0.4, -0.2) is 34.9 Å². The first-order valence-electron chi connectivity index (χ1n) is 11.7. The quantitative estimate of drug-likeness (QED) is 0.545. The summed E-state index contributed by atoms with van der Waals surface area (Å²) in [6.07, 6.45) is 2.92. The number of hydrogen-bond acceptors (Lipinski definition) is 5. The number of aromatic amines is 1. The Bertz CT molecular complexity index is 1230. The van der Waals surface area contributed by atoms with Gasteiger partial charge in [0.05, 0.1) is 11.5 Å². The topological polar surface area (TPSA) is 107 Å². The highest BCUT2D eigenvalue weighted by atomic mass is 16.2. The van der Waals surface area contributed by atoms with E-state index in [0.29, 0.717) is 17.6 Å². The smallest absolute Gasteiger partial charge is 0.258 e. The van der Waals surface area contributed by atoms with Gasteiger partial charge in [0.1, 0.15) is 5.82 Å². The highest BCUT2D eigenvalue weighted by molar-refractivity contribution is 6.04. The molecule has 1 saturated heterocycles. The van der Waals surface area contributed by atoms with Gasteiger partial charge in [0.15, 0.2) is 0 Å². The zero-order valence-electron chi connectivity index (χ0n) is 18.8. The summed E-state index contributed by atoms with van der Waals surface area (Å²) in [4.78, 5) is 47.8. The lowest BCUT2D eigenvalue weighted by Gasteiger charge is -2.33. The molecule has 8 heteroatoms. The van der Waals surface area contributed by atoms with E-state index in [9.17, 15) is 14.4 Å². The van der Waals surface area contributed by atoms with Crippen LogP contribution in [-0.2, 0) is 16.0 Å². The van der Waals surface area contributed by atoms with Crippen LogP contribution in [0, 0.1) is 5.92 Å². The maximum Gasteiger partial charge on any atom is 0.258 e. The minimum atomic E-state index is -0.897. The average Bonchev–Trinajstić information content (AvgIpc) is 2.85. The number of anilines is 3. The first kappa shape index (κ1) is 21.9. The van der Waals surface area contributed by atoms with Crippen molar-refractivity contribution in [2.24, 2.45) is 5.92 Å². The lowest BCUT2D eigenvalue weighted by atomic mass is 9.90. The number of benzene rings is 2. The molecule has 0 saturated carbocycles. The van der Waals surface area contributed by atoms with Gasteiger partial charge >= 0.3 is 0 Å². The molecule has 0 unspecified atom stereocenters. The van der Waals surface area contributed by atoms with Crippen LogP contribution in [0.25, 0.3) is 0 Å².